The maximum atomic E-state index is 7.49. The van der Waals surface area contributed by atoms with E-state index in [9.17, 15) is 0 Å². The van der Waals surface area contributed by atoms with Crippen molar-refractivity contribution in [2.45, 2.75) is 20.3 Å². The lowest BCUT2D eigenvalue weighted by molar-refractivity contribution is 0.830. The molecule has 0 aromatic carbocycles. The van der Waals surface area contributed by atoms with Crippen molar-refractivity contribution in [3.8, 4) is 0 Å². The Balaban J connectivity index is 3.62. The summed E-state index contributed by atoms with van der Waals surface area (Å²) in [7, 11) is 1.91. The molecule has 0 bridgehead atoms. The molecule has 0 heterocycles. The van der Waals surface area contributed by atoms with Crippen LogP contribution in [0.25, 0.3) is 0 Å². The Morgan fingerprint density at radius 3 is 2.77 bits per heavy atom. The zero-order chi connectivity index (χ0) is 10.1. The lowest BCUT2D eigenvalue weighted by Gasteiger charge is -1.98. The van der Waals surface area contributed by atoms with Gasteiger partial charge in [-0.3, -0.25) is 4.99 Å². The fraction of sp³-hybridized carbons (Fsp3) is 0.600. The highest BCUT2D eigenvalue weighted by atomic mass is 14.8. The predicted octanol–water partition coefficient (Wildman–Crippen LogP) is 1.86. The van der Waals surface area contributed by atoms with Crippen LogP contribution in [0.4, 0.5) is 0 Å². The molecule has 0 rings (SSSR count). The Morgan fingerprint density at radius 1 is 1.54 bits per heavy atom. The summed E-state index contributed by atoms with van der Waals surface area (Å²) in [6, 6.07) is 0. The molecule has 0 aliphatic carbocycles. The quantitative estimate of drug-likeness (QED) is 0.477. The van der Waals surface area contributed by atoms with Crippen molar-refractivity contribution < 1.29 is 0 Å². The lowest BCUT2D eigenvalue weighted by atomic mass is 10.1. The SMILES string of the molecule is CNCCC=N/C=C\C(=N)C(C)C. The average molecular weight is 181 g/mol. The van der Waals surface area contributed by atoms with E-state index in [1.54, 1.807) is 12.3 Å². The van der Waals surface area contributed by atoms with Gasteiger partial charge in [0, 0.05) is 18.1 Å². The van der Waals surface area contributed by atoms with Crippen molar-refractivity contribution in [1.82, 2.24) is 5.32 Å². The van der Waals surface area contributed by atoms with E-state index in [4.69, 9.17) is 5.41 Å². The van der Waals surface area contributed by atoms with Gasteiger partial charge in [0.15, 0.2) is 0 Å². The highest BCUT2D eigenvalue weighted by molar-refractivity contribution is 5.93. The van der Waals surface area contributed by atoms with Crippen LogP contribution in [0, 0.1) is 11.3 Å². The topological polar surface area (TPSA) is 48.2 Å². The van der Waals surface area contributed by atoms with E-state index >= 15 is 0 Å². The van der Waals surface area contributed by atoms with Gasteiger partial charge in [0.2, 0.25) is 0 Å². The highest BCUT2D eigenvalue weighted by Crippen LogP contribution is 1.95. The van der Waals surface area contributed by atoms with Crippen molar-refractivity contribution in [2.24, 2.45) is 10.9 Å². The second-order valence-corrected chi connectivity index (χ2v) is 3.15. The second-order valence-electron chi connectivity index (χ2n) is 3.15. The van der Waals surface area contributed by atoms with Gasteiger partial charge in [-0.15, -0.1) is 0 Å². The zero-order valence-electron chi connectivity index (χ0n) is 8.67. The third-order valence-corrected chi connectivity index (χ3v) is 1.59. The van der Waals surface area contributed by atoms with E-state index in [0.717, 1.165) is 13.0 Å². The van der Waals surface area contributed by atoms with Crippen LogP contribution in [0.15, 0.2) is 17.3 Å². The van der Waals surface area contributed by atoms with Gasteiger partial charge in [-0.2, -0.15) is 0 Å². The number of hydrogen-bond donors (Lipinski definition) is 2. The summed E-state index contributed by atoms with van der Waals surface area (Å²) < 4.78 is 0. The molecule has 0 unspecified atom stereocenters. The van der Waals surface area contributed by atoms with Crippen molar-refractivity contribution >= 4 is 11.9 Å². The maximum absolute atomic E-state index is 7.49. The van der Waals surface area contributed by atoms with Crippen LogP contribution in [0.1, 0.15) is 20.3 Å². The second kappa shape index (κ2) is 7.68. The minimum atomic E-state index is 0.281. The van der Waals surface area contributed by atoms with Gasteiger partial charge in [-0.25, -0.2) is 0 Å². The molecular weight excluding hydrogens is 162 g/mol. The molecule has 0 aliphatic rings. The average Bonchev–Trinajstić information content (AvgIpc) is 2.10. The molecule has 13 heavy (non-hydrogen) atoms. The summed E-state index contributed by atoms with van der Waals surface area (Å²) in [5.74, 6) is 0.281. The van der Waals surface area contributed by atoms with Crippen LogP contribution in [0.5, 0.6) is 0 Å². The highest BCUT2D eigenvalue weighted by Gasteiger charge is 1.95. The normalized spacial score (nSPS) is 12.0. The molecule has 0 aliphatic heterocycles. The molecule has 0 saturated carbocycles. The fourth-order valence-corrected chi connectivity index (χ4v) is 0.660. The van der Waals surface area contributed by atoms with Crippen LogP contribution >= 0.6 is 0 Å². The molecule has 0 spiro atoms. The van der Waals surface area contributed by atoms with E-state index in [-0.39, 0.29) is 5.92 Å². The summed E-state index contributed by atoms with van der Waals surface area (Å²) in [4.78, 5) is 4.04. The van der Waals surface area contributed by atoms with Crippen molar-refractivity contribution in [3.05, 3.63) is 12.3 Å². The Kier molecular flexibility index (Phi) is 7.11. The minimum Gasteiger partial charge on any atom is -0.319 e. The standard InChI is InChI=1S/C10H19N3/c1-9(2)10(11)5-8-13-7-4-6-12-3/h5,7-9,11-12H,4,6H2,1-3H3/b8-5-,11-10?,13-7?. The number of nitrogens with one attached hydrogen (secondary N) is 2. The number of aliphatic imine (C=N–C) groups is 1. The smallest absolute Gasteiger partial charge is 0.0354 e. The van der Waals surface area contributed by atoms with E-state index in [0.29, 0.717) is 5.71 Å². The Hall–Kier alpha value is -0.960. The molecule has 0 saturated heterocycles. The molecule has 0 aromatic rings. The van der Waals surface area contributed by atoms with E-state index in [1.165, 1.54) is 0 Å². The predicted molar refractivity (Wildman–Crippen MR) is 58.7 cm³/mol. The van der Waals surface area contributed by atoms with Crippen LogP contribution in [-0.2, 0) is 0 Å². The summed E-state index contributed by atoms with van der Waals surface area (Å²) in [6.45, 7) is 4.94. The molecule has 0 atom stereocenters. The van der Waals surface area contributed by atoms with Gasteiger partial charge >= 0.3 is 0 Å². The minimum absolute atomic E-state index is 0.281. The molecule has 2 N–H and O–H groups in total. The fourth-order valence-electron chi connectivity index (χ4n) is 0.660. The third-order valence-electron chi connectivity index (χ3n) is 1.59. The van der Waals surface area contributed by atoms with Gasteiger partial charge in [0.05, 0.1) is 0 Å². The molecule has 0 fully saturated rings. The molecule has 3 nitrogen and oxygen atoms in total. The molecule has 0 amide bonds. The van der Waals surface area contributed by atoms with Gasteiger partial charge in [-0.05, 0) is 32.0 Å². The Morgan fingerprint density at radius 2 is 2.23 bits per heavy atom. The first kappa shape index (κ1) is 12.0. The molecule has 0 radical (unpaired) electrons. The van der Waals surface area contributed by atoms with Crippen molar-refractivity contribution in [1.29, 1.82) is 5.41 Å². The number of hydrogen-bond acceptors (Lipinski definition) is 3. The molecule has 74 valence electrons. The number of rotatable bonds is 6. The summed E-state index contributed by atoms with van der Waals surface area (Å²) >= 11 is 0. The Labute approximate surface area is 80.5 Å². The maximum Gasteiger partial charge on any atom is 0.0354 e. The summed E-state index contributed by atoms with van der Waals surface area (Å²) in [5, 5.41) is 10.5. The van der Waals surface area contributed by atoms with Crippen LogP contribution in [-0.4, -0.2) is 25.5 Å². The molecular formula is C10H19N3. The van der Waals surface area contributed by atoms with Crippen LogP contribution in [0.3, 0.4) is 0 Å². The monoisotopic (exact) mass is 181 g/mol. The molecule has 0 aromatic heterocycles. The first-order valence-electron chi connectivity index (χ1n) is 4.59. The van der Waals surface area contributed by atoms with E-state index < -0.39 is 0 Å². The third kappa shape index (κ3) is 7.40. The van der Waals surface area contributed by atoms with Gasteiger partial charge in [-0.1, -0.05) is 13.8 Å². The number of nitrogens with zero attached hydrogens (tertiary/aromatic N) is 1. The van der Waals surface area contributed by atoms with Crippen molar-refractivity contribution in [2.75, 3.05) is 13.6 Å². The molecule has 3 heteroatoms. The Bertz CT molecular complexity index is 192. The summed E-state index contributed by atoms with van der Waals surface area (Å²) in [5.41, 5.74) is 0.616. The first-order chi connectivity index (χ1) is 6.18. The van der Waals surface area contributed by atoms with Crippen LogP contribution < -0.4 is 5.32 Å². The summed E-state index contributed by atoms with van der Waals surface area (Å²) in [6.07, 6.45) is 6.19. The van der Waals surface area contributed by atoms with Gasteiger partial charge in [0.1, 0.15) is 0 Å². The van der Waals surface area contributed by atoms with E-state index in [2.05, 4.69) is 10.3 Å². The first-order valence-corrected chi connectivity index (χ1v) is 4.59. The lowest BCUT2D eigenvalue weighted by Crippen LogP contribution is -2.07. The van der Waals surface area contributed by atoms with E-state index in [1.807, 2.05) is 27.1 Å². The van der Waals surface area contributed by atoms with Gasteiger partial charge < -0.3 is 10.7 Å². The van der Waals surface area contributed by atoms with Crippen molar-refractivity contribution in [3.63, 3.8) is 0 Å². The van der Waals surface area contributed by atoms with Gasteiger partial charge in [0.25, 0.3) is 0 Å². The van der Waals surface area contributed by atoms with Crippen LogP contribution in [0.2, 0.25) is 0 Å². The number of allylic oxidation sites excluding steroid dienone is 1. The largest absolute Gasteiger partial charge is 0.319 e. The zero-order valence-corrected chi connectivity index (χ0v) is 8.67.